The average molecular weight is 508 g/mol. The maximum atomic E-state index is 13.0. The Hall–Kier alpha value is -3.20. The molecule has 2 aromatic rings. The summed E-state index contributed by atoms with van der Waals surface area (Å²) in [6.07, 6.45) is 0.135. The second kappa shape index (κ2) is 15.0. The Labute approximate surface area is 211 Å². The first kappa shape index (κ1) is 29.0. The van der Waals surface area contributed by atoms with E-state index < -0.39 is 24.1 Å². The molecule has 9 heteroatoms. The van der Waals surface area contributed by atoms with Crippen LogP contribution in [0, 0.1) is 0 Å². The quantitative estimate of drug-likeness (QED) is 0.289. The fourth-order valence-electron chi connectivity index (χ4n) is 3.49. The highest BCUT2D eigenvalue weighted by molar-refractivity contribution is 5.72. The summed E-state index contributed by atoms with van der Waals surface area (Å²) in [5.41, 5.74) is 0.800. The third-order valence-electron chi connectivity index (χ3n) is 5.37. The normalized spacial score (nSPS) is 12.1. The van der Waals surface area contributed by atoms with Gasteiger partial charge in [0.25, 0.3) is 0 Å². The maximum absolute atomic E-state index is 13.0. The number of benzene rings is 2. The van der Waals surface area contributed by atoms with Gasteiger partial charge < -0.3 is 24.2 Å². The monoisotopic (exact) mass is 507 g/mol. The molecule has 0 aromatic heterocycles. The van der Waals surface area contributed by atoms with Gasteiger partial charge in [-0.25, -0.2) is 18.4 Å². The second-order valence-corrected chi connectivity index (χ2v) is 8.53. The van der Waals surface area contributed by atoms with Crippen molar-refractivity contribution in [2.45, 2.75) is 58.0 Å². The highest BCUT2D eigenvalue weighted by Gasteiger charge is 2.21. The van der Waals surface area contributed by atoms with Crippen LogP contribution in [0.2, 0.25) is 0 Å². The maximum Gasteiger partial charge on any atom is 0.415 e. The molecule has 7 nitrogen and oxygen atoms in total. The van der Waals surface area contributed by atoms with Crippen LogP contribution >= 0.6 is 0 Å². The van der Waals surface area contributed by atoms with Crippen LogP contribution in [0.25, 0.3) is 0 Å². The number of ether oxygens (including phenoxy) is 3. The Morgan fingerprint density at radius 2 is 1.67 bits per heavy atom. The molecule has 36 heavy (non-hydrogen) atoms. The molecule has 0 spiro atoms. The molecule has 0 fully saturated rings. The summed E-state index contributed by atoms with van der Waals surface area (Å²) in [7, 11) is 0. The minimum absolute atomic E-state index is 0.182. The molecule has 1 atom stereocenters. The largest absolute Gasteiger partial charge is 0.492 e. The Kier molecular flexibility index (Phi) is 12.1. The molecule has 0 saturated carbocycles. The van der Waals surface area contributed by atoms with E-state index in [-0.39, 0.29) is 26.0 Å². The van der Waals surface area contributed by atoms with Crippen LogP contribution in [0.5, 0.6) is 11.5 Å². The molecule has 0 aliphatic rings. The van der Waals surface area contributed by atoms with Crippen molar-refractivity contribution < 1.29 is 37.7 Å². The van der Waals surface area contributed by atoms with Gasteiger partial charge in [0.1, 0.15) is 18.1 Å². The fraction of sp³-hybridized carbons (Fsp3) is 0.481. The number of para-hydroxylation sites is 1. The Balaban J connectivity index is 1.88. The number of amides is 1. The van der Waals surface area contributed by atoms with Crippen molar-refractivity contribution in [3.8, 4) is 11.5 Å². The highest BCUT2D eigenvalue weighted by Crippen LogP contribution is 2.20. The lowest BCUT2D eigenvalue weighted by Gasteiger charge is -2.22. The van der Waals surface area contributed by atoms with Crippen LogP contribution in [-0.2, 0) is 16.0 Å². The van der Waals surface area contributed by atoms with E-state index in [1.54, 1.807) is 55.5 Å². The molecule has 1 unspecified atom stereocenters. The SMILES string of the molecule is CCOC(Cc1ccc(OCCN(CCCCCC(C)(F)F)C(=O)Oc2ccccc2)cc1)C(=O)O. The van der Waals surface area contributed by atoms with Crippen molar-refractivity contribution in [1.29, 1.82) is 0 Å². The third kappa shape index (κ3) is 11.5. The zero-order chi connectivity index (χ0) is 26.4. The predicted molar refractivity (Wildman–Crippen MR) is 132 cm³/mol. The number of alkyl halides is 2. The number of aliphatic carboxylic acids is 1. The van der Waals surface area contributed by atoms with Crippen molar-refractivity contribution in [1.82, 2.24) is 4.90 Å². The number of carboxylic acid groups (broad SMARTS) is 1. The molecule has 0 radical (unpaired) electrons. The van der Waals surface area contributed by atoms with Crippen LogP contribution in [0.1, 0.15) is 45.1 Å². The highest BCUT2D eigenvalue weighted by atomic mass is 19.3. The van der Waals surface area contributed by atoms with E-state index in [0.29, 0.717) is 43.9 Å². The van der Waals surface area contributed by atoms with Crippen molar-refractivity contribution in [3.05, 3.63) is 60.2 Å². The summed E-state index contributed by atoms with van der Waals surface area (Å²) >= 11 is 0. The van der Waals surface area contributed by atoms with Gasteiger partial charge in [0, 0.05) is 26.0 Å². The Morgan fingerprint density at radius 3 is 2.28 bits per heavy atom. The van der Waals surface area contributed by atoms with Crippen molar-refractivity contribution in [2.24, 2.45) is 0 Å². The van der Waals surface area contributed by atoms with Gasteiger partial charge >= 0.3 is 12.1 Å². The molecule has 0 saturated heterocycles. The lowest BCUT2D eigenvalue weighted by Crippen LogP contribution is -2.37. The topological polar surface area (TPSA) is 85.3 Å². The van der Waals surface area contributed by atoms with E-state index in [2.05, 4.69) is 0 Å². The number of rotatable bonds is 16. The van der Waals surface area contributed by atoms with Crippen LogP contribution in [0.4, 0.5) is 13.6 Å². The first-order valence-electron chi connectivity index (χ1n) is 12.1. The average Bonchev–Trinajstić information content (AvgIpc) is 2.83. The fourth-order valence-corrected chi connectivity index (χ4v) is 3.49. The summed E-state index contributed by atoms with van der Waals surface area (Å²) in [6.45, 7) is 3.78. The molecule has 2 rings (SSSR count). The minimum atomic E-state index is -2.69. The number of carbonyl (C=O) groups excluding carboxylic acids is 1. The number of carbonyl (C=O) groups is 2. The lowest BCUT2D eigenvalue weighted by atomic mass is 10.1. The standard InChI is InChI=1S/C27H35F2NO6/c1-3-34-24(25(31)32)20-21-12-14-22(15-13-21)35-19-18-30(17-9-5-8-16-27(2,28)29)26(33)36-23-10-6-4-7-11-23/h4,6-7,10-15,24H,3,5,8-9,16-20H2,1-2H3,(H,31,32). The van der Waals surface area contributed by atoms with Crippen molar-refractivity contribution in [2.75, 3.05) is 26.3 Å². The number of halogens is 2. The molecule has 1 amide bonds. The first-order valence-corrected chi connectivity index (χ1v) is 12.1. The third-order valence-corrected chi connectivity index (χ3v) is 5.37. The molecule has 0 aliphatic heterocycles. The summed E-state index contributed by atoms with van der Waals surface area (Å²) in [5.74, 6) is -2.71. The van der Waals surface area contributed by atoms with Gasteiger partial charge in [0.15, 0.2) is 6.10 Å². The molecule has 198 valence electrons. The van der Waals surface area contributed by atoms with Gasteiger partial charge in [-0.15, -0.1) is 0 Å². The molecule has 0 bridgehead atoms. The summed E-state index contributed by atoms with van der Waals surface area (Å²) in [6, 6.07) is 15.7. The van der Waals surface area contributed by atoms with Crippen molar-refractivity contribution in [3.63, 3.8) is 0 Å². The lowest BCUT2D eigenvalue weighted by molar-refractivity contribution is -0.149. The van der Waals surface area contributed by atoms with Gasteiger partial charge in [0.05, 0.1) is 6.54 Å². The van der Waals surface area contributed by atoms with Crippen LogP contribution < -0.4 is 9.47 Å². The van der Waals surface area contributed by atoms with Crippen LogP contribution in [0.3, 0.4) is 0 Å². The summed E-state index contributed by atoms with van der Waals surface area (Å²) < 4.78 is 42.5. The molecule has 1 N–H and O–H groups in total. The number of nitrogens with zero attached hydrogens (tertiary/aromatic N) is 1. The summed E-state index contributed by atoms with van der Waals surface area (Å²) in [4.78, 5) is 25.5. The molecule has 0 aliphatic carbocycles. The van der Waals surface area contributed by atoms with Gasteiger partial charge in [-0.3, -0.25) is 0 Å². The number of hydrogen-bond acceptors (Lipinski definition) is 5. The number of hydrogen-bond donors (Lipinski definition) is 1. The molecular formula is C27H35F2NO6. The smallest absolute Gasteiger partial charge is 0.415 e. The van der Waals surface area contributed by atoms with E-state index >= 15 is 0 Å². The van der Waals surface area contributed by atoms with Gasteiger partial charge in [-0.1, -0.05) is 36.8 Å². The van der Waals surface area contributed by atoms with E-state index in [0.717, 1.165) is 12.5 Å². The number of unbranched alkanes of at least 4 members (excludes halogenated alkanes) is 2. The molecular weight excluding hydrogens is 472 g/mol. The van der Waals surface area contributed by atoms with E-state index in [9.17, 15) is 23.5 Å². The first-order chi connectivity index (χ1) is 17.2. The van der Waals surface area contributed by atoms with Crippen molar-refractivity contribution >= 4 is 12.1 Å². The van der Waals surface area contributed by atoms with E-state index in [4.69, 9.17) is 14.2 Å². The van der Waals surface area contributed by atoms with Gasteiger partial charge in [0.2, 0.25) is 5.92 Å². The van der Waals surface area contributed by atoms with Crippen LogP contribution in [0.15, 0.2) is 54.6 Å². The molecule has 0 heterocycles. The van der Waals surface area contributed by atoms with E-state index in [1.807, 2.05) is 6.07 Å². The van der Waals surface area contributed by atoms with Gasteiger partial charge in [-0.05, 0) is 56.5 Å². The Bertz CT molecular complexity index is 918. The zero-order valence-electron chi connectivity index (χ0n) is 20.8. The molecule has 2 aromatic carbocycles. The van der Waals surface area contributed by atoms with Gasteiger partial charge in [-0.2, -0.15) is 0 Å². The predicted octanol–water partition coefficient (Wildman–Crippen LogP) is 5.81. The van der Waals surface area contributed by atoms with E-state index in [1.165, 1.54) is 4.90 Å². The number of carboxylic acids is 1. The minimum Gasteiger partial charge on any atom is -0.492 e. The zero-order valence-corrected chi connectivity index (χ0v) is 20.8. The second-order valence-electron chi connectivity index (χ2n) is 8.53. The Morgan fingerprint density at radius 1 is 0.972 bits per heavy atom. The summed E-state index contributed by atoms with van der Waals surface area (Å²) in [5, 5.41) is 9.23. The van der Waals surface area contributed by atoms with Crippen LogP contribution in [-0.4, -0.2) is 60.4 Å².